The largest absolute Gasteiger partial charge is 0.0622 e. The van der Waals surface area contributed by atoms with Crippen LogP contribution in [0.2, 0.25) is 0 Å². The van der Waals surface area contributed by atoms with Gasteiger partial charge in [0.1, 0.15) is 0 Å². The second-order valence-electron chi connectivity index (χ2n) is 6.31. The van der Waals surface area contributed by atoms with Crippen molar-refractivity contribution in [2.24, 2.45) is 0 Å². The third-order valence-electron chi connectivity index (χ3n) is 4.13. The average molecular weight is 361 g/mol. The zero-order chi connectivity index (χ0) is 19.3. The lowest BCUT2D eigenvalue weighted by molar-refractivity contribution is 1.65. The summed E-state index contributed by atoms with van der Waals surface area (Å²) in [5, 5.41) is 0. The highest BCUT2D eigenvalue weighted by molar-refractivity contribution is 5.70. The van der Waals surface area contributed by atoms with Crippen LogP contribution in [0.3, 0.4) is 0 Å². The van der Waals surface area contributed by atoms with E-state index in [1.807, 2.05) is 72.8 Å². The van der Waals surface area contributed by atoms with Gasteiger partial charge in [-0.2, -0.15) is 0 Å². The molecule has 4 aromatic carbocycles. The lowest BCUT2D eigenvalue weighted by Crippen LogP contribution is -1.70. The molecule has 0 aliphatic carbocycles. The fourth-order valence-corrected chi connectivity index (χ4v) is 2.64. The van der Waals surface area contributed by atoms with Gasteiger partial charge in [-0.3, -0.25) is 0 Å². The van der Waals surface area contributed by atoms with Crippen molar-refractivity contribution in [1.82, 2.24) is 0 Å². The zero-order valence-electron chi connectivity index (χ0n) is 15.9. The molecule has 0 heteroatoms. The van der Waals surface area contributed by atoms with Gasteiger partial charge in [-0.15, -0.1) is 0 Å². The highest BCUT2D eigenvalue weighted by Crippen LogP contribution is 2.08. The van der Waals surface area contributed by atoms with Gasteiger partial charge in [0, 0.05) is 0 Å². The Hall–Kier alpha value is -3.64. The van der Waals surface area contributed by atoms with E-state index in [9.17, 15) is 0 Å². The van der Waals surface area contributed by atoms with Crippen LogP contribution >= 0.6 is 0 Å². The van der Waals surface area contributed by atoms with Gasteiger partial charge in [0.2, 0.25) is 0 Å². The predicted octanol–water partition coefficient (Wildman–Crippen LogP) is 7.71. The number of hydrogen-bond acceptors (Lipinski definition) is 0. The van der Waals surface area contributed by atoms with E-state index in [0.717, 1.165) is 0 Å². The van der Waals surface area contributed by atoms with Crippen LogP contribution in [-0.4, -0.2) is 0 Å². The molecule has 0 bridgehead atoms. The summed E-state index contributed by atoms with van der Waals surface area (Å²) < 4.78 is 0. The highest BCUT2D eigenvalue weighted by Gasteiger charge is 1.85. The molecule has 0 aliphatic rings. The molecule has 0 amide bonds. The highest BCUT2D eigenvalue weighted by atomic mass is 13.9. The maximum atomic E-state index is 2.12. The monoisotopic (exact) mass is 360 g/mol. The number of benzene rings is 4. The summed E-state index contributed by atoms with van der Waals surface area (Å²) >= 11 is 0. The second-order valence-corrected chi connectivity index (χ2v) is 6.31. The molecule has 0 N–H and O–H groups in total. The van der Waals surface area contributed by atoms with Gasteiger partial charge in [-0.05, 0) is 22.3 Å². The first-order valence-electron chi connectivity index (χ1n) is 9.46. The van der Waals surface area contributed by atoms with Crippen molar-refractivity contribution in [3.05, 3.63) is 144 Å². The van der Waals surface area contributed by atoms with Crippen LogP contribution in [0.5, 0.6) is 0 Å². The normalized spacial score (nSPS) is 10.6. The van der Waals surface area contributed by atoms with Crippen LogP contribution in [0.4, 0.5) is 0 Å². The molecule has 0 unspecified atom stereocenters. The molecule has 0 radical (unpaired) electrons. The fourth-order valence-electron chi connectivity index (χ4n) is 2.64. The Morgan fingerprint density at radius 3 is 0.607 bits per heavy atom. The van der Waals surface area contributed by atoms with E-state index in [0.29, 0.717) is 0 Å². The van der Waals surface area contributed by atoms with Crippen LogP contribution in [0.25, 0.3) is 24.3 Å². The molecule has 0 aromatic heterocycles. The molecule has 4 rings (SSSR count). The van der Waals surface area contributed by atoms with Gasteiger partial charge in [-0.25, -0.2) is 0 Å². The van der Waals surface area contributed by atoms with Gasteiger partial charge >= 0.3 is 0 Å². The molecule has 28 heavy (non-hydrogen) atoms. The molecule has 0 heterocycles. The van der Waals surface area contributed by atoms with E-state index in [2.05, 4.69) is 72.8 Å². The summed E-state index contributed by atoms with van der Waals surface area (Å²) in [4.78, 5) is 0. The maximum Gasteiger partial charge on any atom is -0.0256 e. The minimum atomic E-state index is 1.23. The summed E-state index contributed by atoms with van der Waals surface area (Å²) in [7, 11) is 0. The Morgan fingerprint density at radius 1 is 0.250 bits per heavy atom. The van der Waals surface area contributed by atoms with E-state index in [-0.39, 0.29) is 0 Å². The van der Waals surface area contributed by atoms with E-state index >= 15 is 0 Å². The first-order chi connectivity index (χ1) is 13.9. The first kappa shape index (κ1) is 19.1. The molecule has 4 aromatic rings. The summed E-state index contributed by atoms with van der Waals surface area (Å²) in [6.07, 6.45) is 8.48. The summed E-state index contributed by atoms with van der Waals surface area (Å²) in [6, 6.07) is 41.3. The van der Waals surface area contributed by atoms with E-state index in [4.69, 9.17) is 0 Å². The minimum absolute atomic E-state index is 1.23. The SMILES string of the molecule is C(=C\c1ccccc1)/c1ccccc1.C(=C\c1ccccc1)/c1ccccc1. The first-order valence-corrected chi connectivity index (χ1v) is 9.46. The molecule has 0 aliphatic heterocycles. The van der Waals surface area contributed by atoms with E-state index in [1.54, 1.807) is 0 Å². The van der Waals surface area contributed by atoms with Gasteiger partial charge in [0.05, 0.1) is 0 Å². The Bertz CT molecular complexity index is 799. The Morgan fingerprint density at radius 2 is 0.429 bits per heavy atom. The van der Waals surface area contributed by atoms with Gasteiger partial charge in [0.15, 0.2) is 0 Å². The van der Waals surface area contributed by atoms with Gasteiger partial charge in [-0.1, -0.05) is 146 Å². The zero-order valence-corrected chi connectivity index (χ0v) is 15.9. The topological polar surface area (TPSA) is 0 Å². The summed E-state index contributed by atoms with van der Waals surface area (Å²) in [5.41, 5.74) is 4.93. The lowest BCUT2D eigenvalue weighted by atomic mass is 10.1. The Kier molecular flexibility index (Phi) is 7.62. The van der Waals surface area contributed by atoms with Crippen molar-refractivity contribution in [1.29, 1.82) is 0 Å². The van der Waals surface area contributed by atoms with Crippen LogP contribution in [-0.2, 0) is 0 Å². The van der Waals surface area contributed by atoms with Crippen molar-refractivity contribution in [3.8, 4) is 0 Å². The molecule has 0 nitrogen and oxygen atoms in total. The van der Waals surface area contributed by atoms with Crippen molar-refractivity contribution >= 4 is 24.3 Å². The van der Waals surface area contributed by atoms with Crippen LogP contribution in [0, 0.1) is 0 Å². The molecular weight excluding hydrogens is 336 g/mol. The molecule has 0 saturated carbocycles. The van der Waals surface area contributed by atoms with Crippen LogP contribution in [0.15, 0.2) is 121 Å². The van der Waals surface area contributed by atoms with Crippen molar-refractivity contribution in [3.63, 3.8) is 0 Å². The molecule has 0 saturated heterocycles. The van der Waals surface area contributed by atoms with E-state index in [1.165, 1.54) is 22.3 Å². The lowest BCUT2D eigenvalue weighted by Gasteiger charge is -1.92. The third kappa shape index (κ3) is 6.93. The maximum absolute atomic E-state index is 2.12. The average Bonchev–Trinajstić information content (AvgIpc) is 2.80. The second kappa shape index (κ2) is 11.2. The van der Waals surface area contributed by atoms with Gasteiger partial charge in [0.25, 0.3) is 0 Å². The smallest absolute Gasteiger partial charge is 0.0256 e. The van der Waals surface area contributed by atoms with Crippen LogP contribution < -0.4 is 0 Å². The summed E-state index contributed by atoms with van der Waals surface area (Å²) in [5.74, 6) is 0. The summed E-state index contributed by atoms with van der Waals surface area (Å²) in [6.45, 7) is 0. The Labute approximate surface area is 168 Å². The molecule has 0 spiro atoms. The standard InChI is InChI=1S/2C14H12/c2*1-3-7-13(8-4-1)11-12-14-9-5-2-6-10-14/h2*1-12H/b2*12-11+. The third-order valence-corrected chi connectivity index (χ3v) is 4.13. The van der Waals surface area contributed by atoms with Crippen molar-refractivity contribution < 1.29 is 0 Å². The molecule has 0 fully saturated rings. The number of hydrogen-bond donors (Lipinski definition) is 0. The quantitative estimate of drug-likeness (QED) is 0.327. The Balaban J connectivity index is 0.000000161. The van der Waals surface area contributed by atoms with Crippen molar-refractivity contribution in [2.45, 2.75) is 0 Å². The molecular formula is C28H24. The predicted molar refractivity (Wildman–Crippen MR) is 124 cm³/mol. The minimum Gasteiger partial charge on any atom is -0.0622 e. The molecule has 136 valence electrons. The molecule has 0 atom stereocenters. The number of rotatable bonds is 4. The van der Waals surface area contributed by atoms with Crippen molar-refractivity contribution in [2.75, 3.05) is 0 Å². The van der Waals surface area contributed by atoms with Crippen LogP contribution in [0.1, 0.15) is 22.3 Å². The van der Waals surface area contributed by atoms with E-state index < -0.39 is 0 Å². The fraction of sp³-hybridized carbons (Fsp3) is 0. The van der Waals surface area contributed by atoms with Gasteiger partial charge < -0.3 is 0 Å².